The van der Waals surface area contributed by atoms with Crippen molar-refractivity contribution in [3.8, 4) is 0 Å². The van der Waals surface area contributed by atoms with Gasteiger partial charge in [0.25, 0.3) is 5.91 Å². The van der Waals surface area contributed by atoms with E-state index < -0.39 is 5.67 Å². The van der Waals surface area contributed by atoms with Crippen molar-refractivity contribution in [1.29, 1.82) is 0 Å². The van der Waals surface area contributed by atoms with E-state index in [1.54, 1.807) is 4.90 Å². The van der Waals surface area contributed by atoms with Crippen LogP contribution in [0.2, 0.25) is 0 Å². The Bertz CT molecular complexity index is 381. The van der Waals surface area contributed by atoms with Crippen LogP contribution in [-0.4, -0.2) is 53.5 Å². The molecule has 0 aromatic heterocycles. The molecule has 1 aliphatic carbocycles. The van der Waals surface area contributed by atoms with Gasteiger partial charge in [-0.3, -0.25) is 9.59 Å². The first-order valence-electron chi connectivity index (χ1n) is 6.32. The van der Waals surface area contributed by atoms with Crippen molar-refractivity contribution in [1.82, 2.24) is 9.80 Å². The first-order chi connectivity index (χ1) is 8.05. The van der Waals surface area contributed by atoms with Crippen LogP contribution >= 0.6 is 0 Å². The summed E-state index contributed by atoms with van der Waals surface area (Å²) in [5, 5.41) is 0. The molecular weight excluding hydrogens is 223 g/mol. The molecule has 0 aromatic carbocycles. The molecule has 2 saturated heterocycles. The predicted octanol–water partition coefficient (Wildman–Crippen LogP) is 0.425. The van der Waals surface area contributed by atoms with Gasteiger partial charge in [-0.05, 0) is 19.8 Å². The fourth-order valence-electron chi connectivity index (χ4n) is 3.00. The Morgan fingerprint density at radius 2 is 2.12 bits per heavy atom. The lowest BCUT2D eigenvalue weighted by atomic mass is 10.0. The molecule has 5 heteroatoms. The van der Waals surface area contributed by atoms with E-state index in [2.05, 4.69) is 0 Å². The second-order valence-electron chi connectivity index (χ2n) is 5.42. The van der Waals surface area contributed by atoms with Crippen molar-refractivity contribution in [2.24, 2.45) is 11.8 Å². The summed E-state index contributed by atoms with van der Waals surface area (Å²) in [6, 6.07) is 0. The predicted molar refractivity (Wildman–Crippen MR) is 58.9 cm³/mol. The number of hydrogen-bond donors (Lipinski definition) is 0. The smallest absolute Gasteiger partial charge is 0.260 e. The lowest BCUT2D eigenvalue weighted by Crippen LogP contribution is -2.40. The first kappa shape index (κ1) is 11.0. The van der Waals surface area contributed by atoms with Gasteiger partial charge in [0.15, 0.2) is 5.67 Å². The van der Waals surface area contributed by atoms with Gasteiger partial charge in [-0.1, -0.05) is 0 Å². The molecule has 0 radical (unpaired) electrons. The molecule has 0 aromatic rings. The molecule has 3 rings (SSSR count). The number of alkyl halides is 1. The molecule has 0 N–H and O–H groups in total. The van der Waals surface area contributed by atoms with Crippen LogP contribution in [0.25, 0.3) is 0 Å². The van der Waals surface area contributed by atoms with Crippen LogP contribution in [0.4, 0.5) is 4.39 Å². The maximum atomic E-state index is 13.7. The Morgan fingerprint density at radius 3 is 2.65 bits per heavy atom. The van der Waals surface area contributed by atoms with Crippen molar-refractivity contribution in [3.05, 3.63) is 0 Å². The highest BCUT2D eigenvalue weighted by molar-refractivity contribution is 5.90. The molecule has 1 saturated carbocycles. The number of halogens is 1. The van der Waals surface area contributed by atoms with Crippen molar-refractivity contribution < 1.29 is 14.0 Å². The maximum Gasteiger partial charge on any atom is 0.260 e. The molecule has 2 atom stereocenters. The van der Waals surface area contributed by atoms with Gasteiger partial charge >= 0.3 is 0 Å². The van der Waals surface area contributed by atoms with Crippen molar-refractivity contribution in [3.63, 3.8) is 0 Å². The molecule has 2 heterocycles. The third-order valence-electron chi connectivity index (χ3n) is 4.27. The summed E-state index contributed by atoms with van der Waals surface area (Å²) in [7, 11) is 0. The molecule has 17 heavy (non-hydrogen) atoms. The second kappa shape index (κ2) is 3.43. The summed E-state index contributed by atoms with van der Waals surface area (Å²) in [5.41, 5.74) is -1.59. The van der Waals surface area contributed by atoms with Crippen LogP contribution in [0.1, 0.15) is 19.8 Å². The minimum atomic E-state index is -1.59. The zero-order valence-corrected chi connectivity index (χ0v) is 9.99. The zero-order valence-electron chi connectivity index (χ0n) is 9.99. The van der Waals surface area contributed by atoms with Gasteiger partial charge in [-0.25, -0.2) is 4.39 Å². The van der Waals surface area contributed by atoms with Gasteiger partial charge in [0, 0.05) is 32.1 Å². The van der Waals surface area contributed by atoms with Gasteiger partial charge in [-0.15, -0.1) is 0 Å². The number of amides is 2. The highest BCUT2D eigenvalue weighted by Gasteiger charge is 2.56. The standard InChI is InChI=1S/C12H17FN2O2/c1-2-14-5-8-6-15(7-9(8)10(14)16)11(17)12(13)3-4-12/h8-9H,2-7H2,1H3/t8-,9+/m1/s1. The average molecular weight is 240 g/mol. The van der Waals surface area contributed by atoms with E-state index >= 15 is 0 Å². The third-order valence-corrected chi connectivity index (χ3v) is 4.27. The van der Waals surface area contributed by atoms with E-state index in [9.17, 15) is 14.0 Å². The van der Waals surface area contributed by atoms with Gasteiger partial charge in [-0.2, -0.15) is 0 Å². The Kier molecular flexibility index (Phi) is 2.22. The van der Waals surface area contributed by atoms with E-state index in [1.807, 2.05) is 11.8 Å². The second-order valence-corrected chi connectivity index (χ2v) is 5.42. The highest BCUT2D eigenvalue weighted by atomic mass is 19.1. The van der Waals surface area contributed by atoms with Crippen LogP contribution in [0.5, 0.6) is 0 Å². The molecule has 94 valence electrons. The lowest BCUT2D eigenvalue weighted by molar-refractivity contribution is -0.138. The molecule has 0 unspecified atom stereocenters. The number of carbonyl (C=O) groups is 2. The van der Waals surface area contributed by atoms with Gasteiger partial charge in [0.1, 0.15) is 0 Å². The highest BCUT2D eigenvalue weighted by Crippen LogP contribution is 2.43. The lowest BCUT2D eigenvalue weighted by Gasteiger charge is -2.22. The molecule has 2 aliphatic heterocycles. The number of hydrogen-bond acceptors (Lipinski definition) is 2. The summed E-state index contributed by atoms with van der Waals surface area (Å²) in [6.07, 6.45) is 0.708. The fourth-order valence-corrected chi connectivity index (χ4v) is 3.00. The van der Waals surface area contributed by atoms with Crippen LogP contribution in [0.3, 0.4) is 0 Å². The topological polar surface area (TPSA) is 40.6 Å². The van der Waals surface area contributed by atoms with Crippen molar-refractivity contribution >= 4 is 11.8 Å². The van der Waals surface area contributed by atoms with Crippen LogP contribution < -0.4 is 0 Å². The minimum Gasteiger partial charge on any atom is -0.342 e. The van der Waals surface area contributed by atoms with Gasteiger partial charge in [0.2, 0.25) is 5.91 Å². The van der Waals surface area contributed by atoms with E-state index in [0.717, 1.165) is 13.1 Å². The van der Waals surface area contributed by atoms with Crippen molar-refractivity contribution in [2.75, 3.05) is 26.2 Å². The van der Waals surface area contributed by atoms with Gasteiger partial charge in [0.05, 0.1) is 5.92 Å². The van der Waals surface area contributed by atoms with Crippen LogP contribution in [0, 0.1) is 11.8 Å². The van der Waals surface area contributed by atoms with E-state index in [1.165, 1.54) is 0 Å². The fraction of sp³-hybridized carbons (Fsp3) is 0.833. The Morgan fingerprint density at radius 1 is 1.41 bits per heavy atom. The molecular formula is C12H17FN2O2. The zero-order chi connectivity index (χ0) is 12.2. The summed E-state index contributed by atoms with van der Waals surface area (Å²) in [4.78, 5) is 27.2. The number of fused-ring (bicyclic) bond motifs is 1. The average Bonchev–Trinajstić information content (AvgIpc) is 2.83. The summed E-state index contributed by atoms with van der Waals surface area (Å²) in [6.45, 7) is 4.39. The number of nitrogens with zero attached hydrogens (tertiary/aromatic N) is 2. The minimum absolute atomic E-state index is 0.0822. The molecule has 4 nitrogen and oxygen atoms in total. The third kappa shape index (κ3) is 1.55. The Labute approximate surface area is 99.7 Å². The van der Waals surface area contributed by atoms with E-state index in [0.29, 0.717) is 25.9 Å². The number of carbonyl (C=O) groups excluding carboxylic acids is 2. The number of rotatable bonds is 2. The summed E-state index contributed by atoms with van der Waals surface area (Å²) in [5.74, 6) is -0.116. The Hall–Kier alpha value is -1.13. The Balaban J connectivity index is 1.68. The summed E-state index contributed by atoms with van der Waals surface area (Å²) >= 11 is 0. The van der Waals surface area contributed by atoms with Gasteiger partial charge < -0.3 is 9.80 Å². The summed E-state index contributed by atoms with van der Waals surface area (Å²) < 4.78 is 13.7. The quantitative estimate of drug-likeness (QED) is 0.702. The van der Waals surface area contributed by atoms with E-state index in [-0.39, 0.29) is 23.7 Å². The molecule has 0 bridgehead atoms. The monoisotopic (exact) mass is 240 g/mol. The SMILES string of the molecule is CCN1C[C@@H]2CN(C(=O)C3(F)CC3)C[C@@H]2C1=O. The number of likely N-dealkylation sites (tertiary alicyclic amines) is 2. The van der Waals surface area contributed by atoms with Crippen LogP contribution in [0.15, 0.2) is 0 Å². The van der Waals surface area contributed by atoms with E-state index in [4.69, 9.17) is 0 Å². The van der Waals surface area contributed by atoms with Crippen LogP contribution in [-0.2, 0) is 9.59 Å². The molecule has 3 fully saturated rings. The first-order valence-corrected chi connectivity index (χ1v) is 6.32. The maximum absolute atomic E-state index is 13.7. The van der Waals surface area contributed by atoms with Crippen molar-refractivity contribution in [2.45, 2.75) is 25.4 Å². The molecule has 0 spiro atoms. The largest absolute Gasteiger partial charge is 0.342 e. The normalized spacial score (nSPS) is 34.1. The molecule has 2 amide bonds. The molecule has 3 aliphatic rings.